The van der Waals surface area contributed by atoms with Crippen molar-refractivity contribution in [1.29, 1.82) is 0 Å². The minimum Gasteiger partial charge on any atom is -0.392 e. The number of aromatic amines is 1. The number of nitrogens with one attached hydrogen (secondary N) is 1. The standard InChI is InChI=1S/C14H12N4O2.ClH/c19-9-10-3-5-16-13(6-10)18-14(20)12(8-17-18)11-2-1-4-15-7-11;/h1-8,17,19H,9H2;1H. The lowest BCUT2D eigenvalue weighted by Gasteiger charge is -2.02. The van der Waals surface area contributed by atoms with Gasteiger partial charge in [-0.3, -0.25) is 14.9 Å². The third-order valence-electron chi connectivity index (χ3n) is 2.97. The molecule has 0 saturated carbocycles. The van der Waals surface area contributed by atoms with Crippen molar-refractivity contribution in [2.45, 2.75) is 6.61 Å². The molecule has 3 rings (SSSR count). The van der Waals surface area contributed by atoms with Gasteiger partial charge in [-0.15, -0.1) is 12.4 Å². The summed E-state index contributed by atoms with van der Waals surface area (Å²) < 4.78 is 1.33. The van der Waals surface area contributed by atoms with E-state index in [4.69, 9.17) is 5.11 Å². The summed E-state index contributed by atoms with van der Waals surface area (Å²) in [4.78, 5) is 20.5. The monoisotopic (exact) mass is 304 g/mol. The van der Waals surface area contributed by atoms with Crippen LogP contribution in [0.25, 0.3) is 16.9 Å². The van der Waals surface area contributed by atoms with Gasteiger partial charge in [-0.2, -0.15) is 0 Å². The van der Waals surface area contributed by atoms with E-state index in [0.29, 0.717) is 16.9 Å². The number of aliphatic hydroxyl groups is 1. The number of halogens is 1. The first-order chi connectivity index (χ1) is 9.79. The first kappa shape index (κ1) is 15.0. The van der Waals surface area contributed by atoms with Gasteiger partial charge in [0, 0.05) is 30.4 Å². The van der Waals surface area contributed by atoms with Gasteiger partial charge in [-0.05, 0) is 23.8 Å². The molecular formula is C14H13ClN4O2. The molecule has 6 nitrogen and oxygen atoms in total. The lowest BCUT2D eigenvalue weighted by atomic mass is 10.2. The van der Waals surface area contributed by atoms with Gasteiger partial charge in [-0.25, -0.2) is 9.67 Å². The zero-order valence-electron chi connectivity index (χ0n) is 10.9. The number of H-pyrrole nitrogens is 1. The Hall–Kier alpha value is -2.44. The maximum Gasteiger partial charge on any atom is 0.280 e. The van der Waals surface area contributed by atoms with E-state index in [2.05, 4.69) is 15.1 Å². The van der Waals surface area contributed by atoms with Crippen molar-refractivity contribution in [3.05, 3.63) is 65.0 Å². The van der Waals surface area contributed by atoms with Crippen molar-refractivity contribution in [2.24, 2.45) is 0 Å². The number of hydrogen-bond donors (Lipinski definition) is 2. The van der Waals surface area contributed by atoms with Gasteiger partial charge >= 0.3 is 0 Å². The highest BCUT2D eigenvalue weighted by atomic mass is 35.5. The largest absolute Gasteiger partial charge is 0.392 e. The zero-order valence-corrected chi connectivity index (χ0v) is 11.7. The van der Waals surface area contributed by atoms with Crippen LogP contribution in [-0.4, -0.2) is 24.9 Å². The molecule has 0 unspecified atom stereocenters. The number of rotatable bonds is 3. The highest BCUT2D eigenvalue weighted by Gasteiger charge is 2.10. The summed E-state index contributed by atoms with van der Waals surface area (Å²) in [6, 6.07) is 6.95. The minimum atomic E-state index is -0.208. The third-order valence-corrected chi connectivity index (χ3v) is 2.97. The smallest absolute Gasteiger partial charge is 0.280 e. The molecule has 0 radical (unpaired) electrons. The van der Waals surface area contributed by atoms with Crippen molar-refractivity contribution in [3.8, 4) is 16.9 Å². The van der Waals surface area contributed by atoms with Crippen LogP contribution < -0.4 is 5.56 Å². The maximum absolute atomic E-state index is 12.4. The highest BCUT2D eigenvalue weighted by molar-refractivity contribution is 5.85. The van der Waals surface area contributed by atoms with E-state index in [1.165, 1.54) is 4.68 Å². The molecule has 21 heavy (non-hydrogen) atoms. The molecule has 2 N–H and O–H groups in total. The van der Waals surface area contributed by atoms with Crippen LogP contribution in [0.3, 0.4) is 0 Å². The Morgan fingerprint density at radius 1 is 1.29 bits per heavy atom. The van der Waals surface area contributed by atoms with Crippen molar-refractivity contribution < 1.29 is 5.11 Å². The van der Waals surface area contributed by atoms with E-state index in [-0.39, 0.29) is 24.6 Å². The van der Waals surface area contributed by atoms with E-state index in [9.17, 15) is 4.79 Å². The molecule has 3 aromatic rings. The van der Waals surface area contributed by atoms with Gasteiger partial charge in [0.1, 0.15) is 0 Å². The Morgan fingerprint density at radius 2 is 2.14 bits per heavy atom. The lowest BCUT2D eigenvalue weighted by molar-refractivity contribution is 0.281. The summed E-state index contributed by atoms with van der Waals surface area (Å²) in [7, 11) is 0. The molecule has 0 bridgehead atoms. The number of hydrogen-bond acceptors (Lipinski definition) is 4. The van der Waals surface area contributed by atoms with Gasteiger partial charge in [0.2, 0.25) is 0 Å². The van der Waals surface area contributed by atoms with E-state index in [0.717, 1.165) is 5.56 Å². The quantitative estimate of drug-likeness (QED) is 0.769. The van der Waals surface area contributed by atoms with Crippen LogP contribution >= 0.6 is 12.4 Å². The molecule has 0 aliphatic rings. The molecule has 3 heterocycles. The number of nitrogens with zero attached hydrogens (tertiary/aromatic N) is 3. The van der Waals surface area contributed by atoms with Gasteiger partial charge in [-0.1, -0.05) is 6.07 Å². The SMILES string of the molecule is Cl.O=c1c(-c2cccnc2)c[nH]n1-c1cc(CO)ccn1. The molecule has 0 aliphatic carbocycles. The molecular weight excluding hydrogens is 292 g/mol. The van der Waals surface area contributed by atoms with Crippen molar-refractivity contribution in [1.82, 2.24) is 19.7 Å². The summed E-state index contributed by atoms with van der Waals surface area (Å²) in [6.45, 7) is -0.0968. The predicted molar refractivity (Wildman–Crippen MR) is 80.6 cm³/mol. The van der Waals surface area contributed by atoms with Crippen LogP contribution in [0, 0.1) is 0 Å². The Balaban J connectivity index is 0.00000161. The van der Waals surface area contributed by atoms with Gasteiger partial charge < -0.3 is 5.11 Å². The van der Waals surface area contributed by atoms with E-state index < -0.39 is 0 Å². The van der Waals surface area contributed by atoms with Crippen LogP contribution in [0.5, 0.6) is 0 Å². The first-order valence-electron chi connectivity index (χ1n) is 6.06. The second kappa shape index (κ2) is 6.34. The Morgan fingerprint density at radius 3 is 2.86 bits per heavy atom. The van der Waals surface area contributed by atoms with Gasteiger partial charge in [0.25, 0.3) is 5.56 Å². The molecule has 0 atom stereocenters. The average molecular weight is 305 g/mol. The summed E-state index contributed by atoms with van der Waals surface area (Å²) in [5, 5.41) is 12.0. The molecule has 7 heteroatoms. The Kier molecular flexibility index (Phi) is 4.52. The molecule has 0 fully saturated rings. The normalized spacial score (nSPS) is 10.1. The molecule has 3 aromatic heterocycles. The highest BCUT2D eigenvalue weighted by Crippen LogP contribution is 2.13. The average Bonchev–Trinajstić information content (AvgIpc) is 2.90. The molecule has 0 spiro atoms. The fourth-order valence-electron chi connectivity index (χ4n) is 1.95. The third kappa shape index (κ3) is 2.86. The lowest BCUT2D eigenvalue weighted by Crippen LogP contribution is -2.17. The van der Waals surface area contributed by atoms with Gasteiger partial charge in [0.05, 0.1) is 12.2 Å². The molecule has 0 amide bonds. The predicted octanol–water partition coefficient (Wildman–Crippen LogP) is 1.54. The zero-order chi connectivity index (χ0) is 13.9. The van der Waals surface area contributed by atoms with Crippen LogP contribution in [0.1, 0.15) is 5.56 Å². The van der Waals surface area contributed by atoms with Crippen LogP contribution in [0.2, 0.25) is 0 Å². The molecule has 0 saturated heterocycles. The second-order valence-corrected chi connectivity index (χ2v) is 4.25. The second-order valence-electron chi connectivity index (χ2n) is 4.25. The summed E-state index contributed by atoms with van der Waals surface area (Å²) in [5.74, 6) is 0.441. The topological polar surface area (TPSA) is 83.8 Å². The minimum absolute atomic E-state index is 0. The van der Waals surface area contributed by atoms with E-state index in [1.807, 2.05) is 6.07 Å². The van der Waals surface area contributed by atoms with Crippen LogP contribution in [0.4, 0.5) is 0 Å². The number of aliphatic hydroxyl groups excluding tert-OH is 1. The fraction of sp³-hybridized carbons (Fsp3) is 0.0714. The van der Waals surface area contributed by atoms with Crippen LogP contribution in [0.15, 0.2) is 53.8 Å². The van der Waals surface area contributed by atoms with Crippen molar-refractivity contribution in [2.75, 3.05) is 0 Å². The number of pyridine rings is 2. The van der Waals surface area contributed by atoms with Crippen LogP contribution in [-0.2, 0) is 6.61 Å². The molecule has 0 aromatic carbocycles. The Labute approximate surface area is 126 Å². The maximum atomic E-state index is 12.4. The fourth-order valence-corrected chi connectivity index (χ4v) is 1.95. The molecule has 0 aliphatic heterocycles. The van der Waals surface area contributed by atoms with Crippen molar-refractivity contribution in [3.63, 3.8) is 0 Å². The van der Waals surface area contributed by atoms with Crippen molar-refractivity contribution >= 4 is 12.4 Å². The first-order valence-corrected chi connectivity index (χ1v) is 6.06. The Bertz CT molecular complexity index is 783. The van der Waals surface area contributed by atoms with E-state index in [1.54, 1.807) is 43.0 Å². The number of aromatic nitrogens is 4. The summed E-state index contributed by atoms with van der Waals surface area (Å²) in [5.41, 5.74) is 1.75. The summed E-state index contributed by atoms with van der Waals surface area (Å²) >= 11 is 0. The molecule has 108 valence electrons. The van der Waals surface area contributed by atoms with Gasteiger partial charge in [0.15, 0.2) is 5.82 Å². The summed E-state index contributed by atoms with van der Waals surface area (Å²) in [6.07, 6.45) is 6.46. The van der Waals surface area contributed by atoms with E-state index >= 15 is 0 Å².